The third-order valence-corrected chi connectivity index (χ3v) is 10.0. The molecule has 6 rings (SSSR count). The summed E-state index contributed by atoms with van der Waals surface area (Å²) < 4.78 is 0. The molecule has 2 saturated heterocycles. The average molecular weight is 747 g/mol. The lowest BCUT2D eigenvalue weighted by atomic mass is 9.85. The molecule has 4 amide bonds. The topological polar surface area (TPSA) is 105 Å². The number of para-hydroxylation sites is 1. The third kappa shape index (κ3) is 10.6. The summed E-state index contributed by atoms with van der Waals surface area (Å²) in [7, 11) is 1.70. The van der Waals surface area contributed by atoms with Crippen LogP contribution >= 0.6 is 11.6 Å². The summed E-state index contributed by atoms with van der Waals surface area (Å²) in [5, 5.41) is 7.01. The minimum Gasteiger partial charge on any atom is -0.347 e. The van der Waals surface area contributed by atoms with Crippen molar-refractivity contribution >= 4 is 41.4 Å². The standard InChI is InChI=1S/C36H41ClN6O4.3C2H6/c1-40(25-44)19-20-42-24-43(30-9-3-2-4-10-30)36(35(42)47)15-17-41(18-16-36)34(46)32(21-26-11-13-29(37)14-12-26)39-33(45)31-22-27-7-5-6-8-28(27)23-38-31;3*1-2/h2-14,25,31-32,38H,15-24H2,1H3,(H,39,45);3*1-2H3/t31?,32-;;;/m1.../s1. The van der Waals surface area contributed by atoms with E-state index in [-0.39, 0.29) is 17.7 Å². The van der Waals surface area contributed by atoms with Crippen molar-refractivity contribution in [2.75, 3.05) is 44.8 Å². The van der Waals surface area contributed by atoms with Crippen LogP contribution in [-0.4, -0.2) is 96.3 Å². The Kier molecular flexibility index (Phi) is 17.3. The van der Waals surface area contributed by atoms with E-state index in [0.29, 0.717) is 70.1 Å². The molecule has 10 nitrogen and oxygen atoms in total. The second kappa shape index (κ2) is 21.3. The van der Waals surface area contributed by atoms with E-state index in [4.69, 9.17) is 11.6 Å². The van der Waals surface area contributed by atoms with Crippen molar-refractivity contribution in [3.05, 3.63) is 101 Å². The van der Waals surface area contributed by atoms with Gasteiger partial charge >= 0.3 is 0 Å². The highest BCUT2D eigenvalue weighted by atomic mass is 35.5. The monoisotopic (exact) mass is 746 g/mol. The fraction of sp³-hybridized carbons (Fsp3) is 0.476. The number of benzene rings is 3. The summed E-state index contributed by atoms with van der Waals surface area (Å²) in [5.74, 6) is -0.361. The van der Waals surface area contributed by atoms with E-state index in [1.165, 1.54) is 10.5 Å². The minimum absolute atomic E-state index is 0.0161. The Balaban J connectivity index is 0.00000120. The molecule has 288 valence electrons. The number of hydrogen-bond acceptors (Lipinski definition) is 6. The number of rotatable bonds is 10. The normalized spacial score (nSPS) is 17.5. The van der Waals surface area contributed by atoms with Gasteiger partial charge in [-0.25, -0.2) is 0 Å². The summed E-state index contributed by atoms with van der Waals surface area (Å²) >= 11 is 6.13. The summed E-state index contributed by atoms with van der Waals surface area (Å²) in [6.45, 7) is 14.6. The molecule has 0 aliphatic carbocycles. The lowest BCUT2D eigenvalue weighted by molar-refractivity contribution is -0.141. The number of likely N-dealkylation sites (N-methyl/N-ethyl adjacent to an activating group) is 1. The van der Waals surface area contributed by atoms with E-state index in [2.05, 4.69) is 21.6 Å². The molecule has 3 aliphatic heterocycles. The predicted octanol–water partition coefficient (Wildman–Crippen LogP) is 5.92. The zero-order valence-electron chi connectivity index (χ0n) is 32.6. The first kappa shape index (κ1) is 43.0. The number of carbonyl (C=O) groups is 4. The minimum atomic E-state index is -0.799. The Morgan fingerprint density at radius 1 is 0.925 bits per heavy atom. The van der Waals surface area contributed by atoms with Crippen LogP contribution in [0.2, 0.25) is 5.02 Å². The number of anilines is 1. The maximum atomic E-state index is 14.2. The summed E-state index contributed by atoms with van der Waals surface area (Å²) in [6.07, 6.45) is 2.54. The molecule has 3 heterocycles. The molecule has 2 atom stereocenters. The molecule has 0 bridgehead atoms. The van der Waals surface area contributed by atoms with Crippen LogP contribution in [0.4, 0.5) is 5.69 Å². The molecule has 3 aromatic rings. The molecule has 1 spiro atoms. The van der Waals surface area contributed by atoms with E-state index >= 15 is 0 Å². The van der Waals surface area contributed by atoms with Gasteiger partial charge in [0.15, 0.2) is 0 Å². The average Bonchev–Trinajstić information content (AvgIpc) is 3.49. The van der Waals surface area contributed by atoms with Crippen LogP contribution in [0.5, 0.6) is 0 Å². The zero-order valence-corrected chi connectivity index (χ0v) is 33.4. The van der Waals surface area contributed by atoms with Crippen molar-refractivity contribution in [3.63, 3.8) is 0 Å². The van der Waals surface area contributed by atoms with Gasteiger partial charge in [-0.2, -0.15) is 0 Å². The van der Waals surface area contributed by atoms with Gasteiger partial charge in [-0.1, -0.05) is 108 Å². The maximum Gasteiger partial charge on any atom is 0.250 e. The molecule has 0 radical (unpaired) electrons. The predicted molar refractivity (Wildman–Crippen MR) is 215 cm³/mol. The van der Waals surface area contributed by atoms with Gasteiger partial charge in [0.1, 0.15) is 11.6 Å². The highest BCUT2D eigenvalue weighted by Crippen LogP contribution is 2.39. The number of likely N-dealkylation sites (tertiary alicyclic amines) is 1. The first-order valence-electron chi connectivity index (χ1n) is 19.2. The maximum absolute atomic E-state index is 14.2. The number of amides is 4. The molecular formula is C42H59ClN6O4. The van der Waals surface area contributed by atoms with E-state index < -0.39 is 17.6 Å². The number of halogens is 1. The molecule has 2 fully saturated rings. The van der Waals surface area contributed by atoms with Gasteiger partial charge in [0, 0.05) is 56.9 Å². The second-order valence-corrected chi connectivity index (χ2v) is 13.2. The Labute approximate surface area is 321 Å². The summed E-state index contributed by atoms with van der Waals surface area (Å²) in [5.41, 5.74) is 3.34. The molecule has 3 aliphatic rings. The van der Waals surface area contributed by atoms with E-state index in [1.54, 1.807) is 24.1 Å². The Morgan fingerprint density at radius 2 is 1.53 bits per heavy atom. The summed E-state index contributed by atoms with van der Waals surface area (Å²) in [6, 6.07) is 24.0. The first-order valence-corrected chi connectivity index (χ1v) is 19.6. The lowest BCUT2D eigenvalue weighted by Crippen LogP contribution is -2.60. The zero-order chi connectivity index (χ0) is 39.0. The number of nitrogens with zero attached hydrogens (tertiary/aromatic N) is 4. The Morgan fingerprint density at radius 3 is 2.15 bits per heavy atom. The number of nitrogens with one attached hydrogen (secondary N) is 2. The van der Waals surface area contributed by atoms with Gasteiger partial charge in [-0.05, 0) is 60.2 Å². The molecule has 11 heteroatoms. The van der Waals surface area contributed by atoms with Crippen LogP contribution in [0.25, 0.3) is 0 Å². The smallest absolute Gasteiger partial charge is 0.250 e. The van der Waals surface area contributed by atoms with Crippen LogP contribution < -0.4 is 15.5 Å². The highest BCUT2D eigenvalue weighted by molar-refractivity contribution is 6.30. The number of carbonyl (C=O) groups excluding carboxylic acids is 4. The van der Waals surface area contributed by atoms with Crippen LogP contribution in [0.15, 0.2) is 78.9 Å². The largest absolute Gasteiger partial charge is 0.347 e. The fourth-order valence-corrected chi connectivity index (χ4v) is 7.12. The lowest BCUT2D eigenvalue weighted by Gasteiger charge is -2.44. The molecule has 53 heavy (non-hydrogen) atoms. The van der Waals surface area contributed by atoms with Gasteiger partial charge in [0.25, 0.3) is 0 Å². The van der Waals surface area contributed by atoms with E-state index in [0.717, 1.165) is 23.2 Å². The number of fused-ring (bicyclic) bond motifs is 1. The van der Waals surface area contributed by atoms with Crippen LogP contribution in [0.1, 0.15) is 71.1 Å². The van der Waals surface area contributed by atoms with Crippen molar-refractivity contribution in [2.24, 2.45) is 0 Å². The molecular weight excluding hydrogens is 688 g/mol. The van der Waals surface area contributed by atoms with Gasteiger partial charge in [0.05, 0.1) is 12.7 Å². The Bertz CT molecular complexity index is 1600. The Hall–Kier alpha value is -4.41. The second-order valence-electron chi connectivity index (χ2n) is 12.7. The SMILES string of the molecule is CC.CC.CC.CN(C=O)CCN1CN(c2ccccc2)C2(CCN(C(=O)[C@@H](Cc3ccc(Cl)cc3)NC(=O)C3Cc4ccccc4CN3)CC2)C1=O. The molecule has 3 aromatic carbocycles. The molecule has 2 N–H and O–H groups in total. The number of piperidine rings is 1. The van der Waals surface area contributed by atoms with Crippen LogP contribution in [-0.2, 0) is 38.6 Å². The van der Waals surface area contributed by atoms with E-state index in [9.17, 15) is 19.2 Å². The van der Waals surface area contributed by atoms with Crippen molar-refractivity contribution in [1.82, 2.24) is 25.3 Å². The van der Waals surface area contributed by atoms with Crippen LogP contribution in [0.3, 0.4) is 0 Å². The van der Waals surface area contributed by atoms with Gasteiger partial charge < -0.3 is 30.2 Å². The quantitative estimate of drug-likeness (QED) is 0.250. The first-order chi connectivity index (χ1) is 25.8. The van der Waals surface area contributed by atoms with Crippen molar-refractivity contribution in [2.45, 2.75) is 91.4 Å². The van der Waals surface area contributed by atoms with Crippen molar-refractivity contribution in [3.8, 4) is 0 Å². The highest BCUT2D eigenvalue weighted by Gasteiger charge is 2.54. The fourth-order valence-electron chi connectivity index (χ4n) is 6.99. The third-order valence-electron chi connectivity index (χ3n) is 9.75. The van der Waals surface area contributed by atoms with Crippen LogP contribution in [0, 0.1) is 0 Å². The number of hydrogen-bond donors (Lipinski definition) is 2. The molecule has 0 saturated carbocycles. The van der Waals surface area contributed by atoms with Gasteiger partial charge in [0.2, 0.25) is 24.1 Å². The van der Waals surface area contributed by atoms with Crippen molar-refractivity contribution < 1.29 is 19.2 Å². The van der Waals surface area contributed by atoms with E-state index in [1.807, 2.05) is 107 Å². The molecule has 1 unspecified atom stereocenters. The van der Waals surface area contributed by atoms with Gasteiger partial charge in [-0.15, -0.1) is 0 Å². The van der Waals surface area contributed by atoms with Crippen molar-refractivity contribution in [1.29, 1.82) is 0 Å². The molecule has 0 aromatic heterocycles. The summed E-state index contributed by atoms with van der Waals surface area (Å²) in [4.78, 5) is 60.4. The van der Waals surface area contributed by atoms with Gasteiger partial charge in [-0.3, -0.25) is 19.2 Å².